The molecule has 34 heavy (non-hydrogen) atoms. The highest BCUT2D eigenvalue weighted by Gasteiger charge is 2.24. The molecule has 0 radical (unpaired) electrons. The maximum atomic E-state index is 12.3. The monoisotopic (exact) mass is 475 g/mol. The number of rotatable bonds is 8. The number of esters is 1. The summed E-state index contributed by atoms with van der Waals surface area (Å²) >= 11 is 1.58. The van der Waals surface area contributed by atoms with Crippen molar-refractivity contribution in [2.45, 2.75) is 58.8 Å². The molecule has 1 atom stereocenters. The van der Waals surface area contributed by atoms with Crippen LogP contribution in [0.2, 0.25) is 0 Å². The standard InChI is InChI=1S/C27H29N3O3S/c1-4-21-19(16-32-27(31)23-9-6-12-29-23)7-5-8-22(21)25-15-30-26(34-25)18-10-11-24(33-17(2)3)20(13-18)14-28/h5,7-8,10-11,13,15,17,23,29H,4,6,9,12,16H2,1-3H3/t23-/m1/s1. The zero-order chi connectivity index (χ0) is 24.1. The number of nitriles is 1. The quantitative estimate of drug-likeness (QED) is 0.434. The molecule has 1 saturated heterocycles. The number of thiazole rings is 1. The number of ether oxygens (including phenoxy) is 2. The topological polar surface area (TPSA) is 84.2 Å². The third kappa shape index (κ3) is 5.30. The summed E-state index contributed by atoms with van der Waals surface area (Å²) in [4.78, 5) is 18.0. The van der Waals surface area contributed by atoms with Crippen LogP contribution in [-0.4, -0.2) is 29.6 Å². The SMILES string of the molecule is CCc1c(COC(=O)[C@H]2CCCN2)cccc1-c1cnc(-c2ccc(OC(C)C)c(C#N)c2)s1. The lowest BCUT2D eigenvalue weighted by Crippen LogP contribution is -2.32. The van der Waals surface area contributed by atoms with E-state index in [1.807, 2.05) is 50.4 Å². The van der Waals surface area contributed by atoms with Crippen molar-refractivity contribution in [1.29, 1.82) is 5.26 Å². The number of hydrogen-bond acceptors (Lipinski definition) is 7. The minimum absolute atomic E-state index is 0.00198. The fourth-order valence-electron chi connectivity index (χ4n) is 4.19. The number of benzene rings is 2. The Kier molecular flexibility index (Phi) is 7.61. The molecule has 7 heteroatoms. The van der Waals surface area contributed by atoms with Crippen molar-refractivity contribution in [2.24, 2.45) is 0 Å². The normalized spacial score (nSPS) is 15.3. The van der Waals surface area contributed by atoms with Crippen molar-refractivity contribution >= 4 is 17.3 Å². The van der Waals surface area contributed by atoms with E-state index in [4.69, 9.17) is 9.47 Å². The predicted octanol–water partition coefficient (Wildman–Crippen LogP) is 5.49. The number of aromatic nitrogens is 1. The van der Waals surface area contributed by atoms with Crippen LogP contribution in [0.1, 0.15) is 50.3 Å². The molecule has 1 aliphatic rings. The number of carbonyl (C=O) groups is 1. The Morgan fingerprint density at radius 3 is 2.88 bits per heavy atom. The Bertz CT molecular complexity index is 1210. The van der Waals surface area contributed by atoms with E-state index in [1.165, 1.54) is 0 Å². The molecule has 0 aliphatic carbocycles. The van der Waals surface area contributed by atoms with E-state index >= 15 is 0 Å². The maximum absolute atomic E-state index is 12.3. The van der Waals surface area contributed by atoms with Crippen LogP contribution >= 0.6 is 11.3 Å². The van der Waals surface area contributed by atoms with Gasteiger partial charge in [-0.05, 0) is 74.5 Å². The summed E-state index contributed by atoms with van der Waals surface area (Å²) < 4.78 is 11.4. The zero-order valence-corrected chi connectivity index (χ0v) is 20.6. The molecule has 1 aromatic heterocycles. The summed E-state index contributed by atoms with van der Waals surface area (Å²) in [7, 11) is 0. The minimum Gasteiger partial charge on any atom is -0.490 e. The molecule has 4 rings (SSSR count). The molecular formula is C27H29N3O3S. The van der Waals surface area contributed by atoms with Gasteiger partial charge in [0.25, 0.3) is 0 Å². The van der Waals surface area contributed by atoms with E-state index in [2.05, 4.69) is 29.4 Å². The van der Waals surface area contributed by atoms with Gasteiger partial charge in [-0.25, -0.2) is 4.98 Å². The highest BCUT2D eigenvalue weighted by molar-refractivity contribution is 7.18. The van der Waals surface area contributed by atoms with Crippen molar-refractivity contribution in [3.63, 3.8) is 0 Å². The third-order valence-corrected chi connectivity index (χ3v) is 6.90. The van der Waals surface area contributed by atoms with Gasteiger partial charge in [0.05, 0.1) is 16.5 Å². The van der Waals surface area contributed by atoms with Crippen molar-refractivity contribution < 1.29 is 14.3 Å². The van der Waals surface area contributed by atoms with Gasteiger partial charge >= 0.3 is 5.97 Å². The number of nitrogens with one attached hydrogen (secondary N) is 1. The first kappa shape index (κ1) is 23.9. The van der Waals surface area contributed by atoms with Crippen molar-refractivity contribution in [3.05, 3.63) is 59.3 Å². The van der Waals surface area contributed by atoms with Crippen LogP contribution in [0, 0.1) is 11.3 Å². The molecule has 0 unspecified atom stereocenters. The first-order chi connectivity index (χ1) is 16.5. The summed E-state index contributed by atoms with van der Waals surface area (Å²) in [6.45, 7) is 7.12. The van der Waals surface area contributed by atoms with Crippen molar-refractivity contribution in [2.75, 3.05) is 6.54 Å². The van der Waals surface area contributed by atoms with Gasteiger partial charge < -0.3 is 14.8 Å². The second-order valence-corrected chi connectivity index (χ2v) is 9.60. The summed E-state index contributed by atoms with van der Waals surface area (Å²) in [5, 5.41) is 13.6. The molecule has 2 heterocycles. The minimum atomic E-state index is -0.187. The second kappa shape index (κ2) is 10.8. The summed E-state index contributed by atoms with van der Waals surface area (Å²) in [6.07, 6.45) is 4.53. The smallest absolute Gasteiger partial charge is 0.323 e. The predicted molar refractivity (Wildman–Crippen MR) is 134 cm³/mol. The van der Waals surface area contributed by atoms with Gasteiger partial charge in [-0.15, -0.1) is 11.3 Å². The molecule has 176 valence electrons. The fraction of sp³-hybridized carbons (Fsp3) is 0.370. The van der Waals surface area contributed by atoms with Crippen LogP contribution in [0.25, 0.3) is 21.0 Å². The molecule has 0 saturated carbocycles. The van der Waals surface area contributed by atoms with Crippen molar-refractivity contribution in [3.8, 4) is 32.8 Å². The van der Waals surface area contributed by atoms with Crippen LogP contribution in [0.5, 0.6) is 5.75 Å². The molecule has 0 bridgehead atoms. The molecule has 1 fully saturated rings. The highest BCUT2D eigenvalue weighted by Crippen LogP contribution is 2.36. The number of hydrogen-bond donors (Lipinski definition) is 1. The van der Waals surface area contributed by atoms with Gasteiger partial charge in [-0.2, -0.15) is 5.26 Å². The van der Waals surface area contributed by atoms with Crippen LogP contribution in [0.4, 0.5) is 0 Å². The first-order valence-electron chi connectivity index (χ1n) is 11.7. The third-order valence-electron chi connectivity index (χ3n) is 5.82. The molecule has 6 nitrogen and oxygen atoms in total. The lowest BCUT2D eigenvalue weighted by molar-refractivity contribution is -0.147. The van der Waals surface area contributed by atoms with Gasteiger partial charge in [0, 0.05) is 11.8 Å². The number of nitrogens with zero attached hydrogens (tertiary/aromatic N) is 2. The van der Waals surface area contributed by atoms with E-state index in [1.54, 1.807) is 11.3 Å². The molecule has 3 aromatic rings. The Hall–Kier alpha value is -3.21. The number of carbonyl (C=O) groups excluding carboxylic acids is 1. The largest absolute Gasteiger partial charge is 0.490 e. The molecule has 0 amide bonds. The fourth-order valence-corrected chi connectivity index (χ4v) is 5.16. The average Bonchev–Trinajstić information content (AvgIpc) is 3.55. The molecule has 2 aromatic carbocycles. The Labute approximate surface area is 204 Å². The van der Waals surface area contributed by atoms with Gasteiger partial charge in [-0.3, -0.25) is 4.79 Å². The van der Waals surface area contributed by atoms with E-state index in [0.717, 1.165) is 57.9 Å². The summed E-state index contributed by atoms with van der Waals surface area (Å²) in [5.74, 6) is 0.407. The second-order valence-electron chi connectivity index (χ2n) is 8.57. The summed E-state index contributed by atoms with van der Waals surface area (Å²) in [5.41, 5.74) is 4.65. The van der Waals surface area contributed by atoms with E-state index in [0.29, 0.717) is 11.3 Å². The first-order valence-corrected chi connectivity index (χ1v) is 12.5. The maximum Gasteiger partial charge on any atom is 0.323 e. The van der Waals surface area contributed by atoms with Gasteiger partial charge in [0.15, 0.2) is 0 Å². The molecule has 1 N–H and O–H groups in total. The van der Waals surface area contributed by atoms with E-state index < -0.39 is 0 Å². The highest BCUT2D eigenvalue weighted by atomic mass is 32.1. The molecule has 0 spiro atoms. The van der Waals surface area contributed by atoms with E-state index in [-0.39, 0.29) is 24.7 Å². The van der Waals surface area contributed by atoms with Crippen LogP contribution in [0.3, 0.4) is 0 Å². The lowest BCUT2D eigenvalue weighted by Gasteiger charge is -2.15. The molecule has 1 aliphatic heterocycles. The Morgan fingerprint density at radius 2 is 2.18 bits per heavy atom. The lowest BCUT2D eigenvalue weighted by atomic mass is 9.98. The van der Waals surface area contributed by atoms with Gasteiger partial charge in [0.1, 0.15) is 29.5 Å². The van der Waals surface area contributed by atoms with Crippen LogP contribution in [0.15, 0.2) is 42.6 Å². The van der Waals surface area contributed by atoms with Crippen molar-refractivity contribution in [1.82, 2.24) is 10.3 Å². The zero-order valence-electron chi connectivity index (χ0n) is 19.8. The molecular weight excluding hydrogens is 446 g/mol. The Morgan fingerprint density at radius 1 is 1.32 bits per heavy atom. The van der Waals surface area contributed by atoms with Gasteiger partial charge in [0.2, 0.25) is 0 Å². The average molecular weight is 476 g/mol. The van der Waals surface area contributed by atoms with Gasteiger partial charge in [-0.1, -0.05) is 25.1 Å². The van der Waals surface area contributed by atoms with Crippen LogP contribution < -0.4 is 10.1 Å². The van der Waals surface area contributed by atoms with E-state index in [9.17, 15) is 10.1 Å². The van der Waals surface area contributed by atoms with Crippen LogP contribution in [-0.2, 0) is 22.6 Å². The Balaban J connectivity index is 1.57. The summed E-state index contributed by atoms with van der Waals surface area (Å²) in [6, 6.07) is 13.7.